The quantitative estimate of drug-likeness (QED) is 0.145. The largest absolute Gasteiger partial charge is 0.394 e. The fraction of sp³-hybridized carbons (Fsp3) is 0.593. The second kappa shape index (κ2) is 13.3. The molecule has 3 aliphatic heterocycles. The molecule has 1 saturated heterocycles. The SMILES string of the molecule is CO[C@@H]1[C@H](OP(O)NN(C(C)C)C(C)(C)CCC#N)[C@@H](CO)O[C@H]1N1CN=C2C1=NC=NC2(N)C(=O)c1ccccc1. The number of Topliss-reactive ketones (excluding diaryl/α,β-unsaturated/α-hetero) is 1. The summed E-state index contributed by atoms with van der Waals surface area (Å²) in [5, 5.41) is 24.2. The molecule has 4 rings (SSSR count). The first-order valence-corrected chi connectivity index (χ1v) is 14.9. The number of nitrogens with two attached hydrogens (primary N) is 1. The van der Waals surface area contributed by atoms with Gasteiger partial charge in [-0.3, -0.25) is 15.5 Å². The van der Waals surface area contributed by atoms with Crippen molar-refractivity contribution in [1.82, 2.24) is 15.1 Å². The molecule has 0 spiro atoms. The topological polar surface area (TPSA) is 191 Å². The molecule has 0 bridgehead atoms. The second-order valence-electron chi connectivity index (χ2n) is 11.1. The minimum absolute atomic E-state index is 0.0276. The van der Waals surface area contributed by atoms with Crippen molar-refractivity contribution in [3.05, 3.63) is 35.9 Å². The number of hydrogen-bond acceptors (Lipinski definition) is 14. The van der Waals surface area contributed by atoms with E-state index in [1.54, 1.807) is 35.2 Å². The van der Waals surface area contributed by atoms with E-state index in [0.29, 0.717) is 24.2 Å². The molecule has 2 unspecified atom stereocenters. The zero-order valence-electron chi connectivity index (χ0n) is 24.4. The third-order valence-corrected chi connectivity index (χ3v) is 8.36. The lowest BCUT2D eigenvalue weighted by molar-refractivity contribution is -0.0765. The molecule has 1 aromatic carbocycles. The van der Waals surface area contributed by atoms with Crippen LogP contribution in [-0.2, 0) is 14.0 Å². The van der Waals surface area contributed by atoms with E-state index in [4.69, 9.17) is 25.0 Å². The highest BCUT2D eigenvalue weighted by Crippen LogP contribution is 2.40. The van der Waals surface area contributed by atoms with Crippen LogP contribution in [0.4, 0.5) is 0 Å². The number of carbonyl (C=O) groups is 1. The number of nitrogens with zero attached hydrogens (tertiary/aromatic N) is 6. The summed E-state index contributed by atoms with van der Waals surface area (Å²) in [5.74, 6) is -0.127. The number of aliphatic hydroxyl groups is 1. The van der Waals surface area contributed by atoms with E-state index in [1.165, 1.54) is 13.4 Å². The zero-order valence-corrected chi connectivity index (χ0v) is 25.3. The molecule has 0 saturated carbocycles. The molecule has 42 heavy (non-hydrogen) atoms. The molecule has 3 heterocycles. The van der Waals surface area contributed by atoms with Gasteiger partial charge < -0.3 is 28.9 Å². The number of carbonyl (C=O) groups excluding carboxylic acids is 1. The Labute approximate surface area is 246 Å². The molecular weight excluding hydrogens is 563 g/mol. The van der Waals surface area contributed by atoms with Crippen LogP contribution in [0.2, 0.25) is 0 Å². The predicted octanol–water partition coefficient (Wildman–Crippen LogP) is 1.31. The van der Waals surface area contributed by atoms with Crippen molar-refractivity contribution >= 4 is 32.2 Å². The van der Waals surface area contributed by atoms with Crippen molar-refractivity contribution in [3.63, 3.8) is 0 Å². The maximum atomic E-state index is 13.4. The lowest BCUT2D eigenvalue weighted by atomic mass is 9.93. The van der Waals surface area contributed by atoms with E-state index < -0.39 is 56.7 Å². The highest BCUT2D eigenvalue weighted by Gasteiger charge is 2.54. The van der Waals surface area contributed by atoms with Gasteiger partial charge in [0.15, 0.2) is 12.1 Å². The summed E-state index contributed by atoms with van der Waals surface area (Å²) in [6, 6.07) is 10.7. The zero-order chi connectivity index (χ0) is 30.7. The molecule has 3 aliphatic rings. The fourth-order valence-corrected chi connectivity index (χ4v) is 6.63. The van der Waals surface area contributed by atoms with Crippen LogP contribution in [0.25, 0.3) is 0 Å². The summed E-state index contributed by atoms with van der Waals surface area (Å²) < 4.78 is 18.0. The number of hydrogen-bond donors (Lipinski definition) is 4. The van der Waals surface area contributed by atoms with Gasteiger partial charge in [-0.2, -0.15) is 10.5 Å². The molecular formula is C27H39N8O6P. The van der Waals surface area contributed by atoms with Gasteiger partial charge in [-0.1, -0.05) is 30.3 Å². The van der Waals surface area contributed by atoms with Crippen LogP contribution < -0.4 is 10.9 Å². The van der Waals surface area contributed by atoms with Crippen molar-refractivity contribution in [2.45, 2.75) is 82.3 Å². The summed E-state index contributed by atoms with van der Waals surface area (Å²) in [6.07, 6.45) is -1.19. The average Bonchev–Trinajstić information content (AvgIpc) is 3.56. The summed E-state index contributed by atoms with van der Waals surface area (Å²) in [5.41, 5.74) is 4.89. The number of ether oxygens (including phenoxy) is 2. The smallest absolute Gasteiger partial charge is 0.268 e. The van der Waals surface area contributed by atoms with E-state index in [-0.39, 0.29) is 18.4 Å². The monoisotopic (exact) mass is 602 g/mol. The third-order valence-electron chi connectivity index (χ3n) is 7.53. The molecule has 1 aromatic rings. The Morgan fingerprint density at radius 3 is 2.71 bits per heavy atom. The van der Waals surface area contributed by atoms with Crippen molar-refractivity contribution in [2.75, 3.05) is 20.4 Å². The van der Waals surface area contributed by atoms with E-state index >= 15 is 0 Å². The van der Waals surface area contributed by atoms with E-state index in [0.717, 1.165) is 0 Å². The molecule has 14 nitrogen and oxygen atoms in total. The first-order valence-electron chi connectivity index (χ1n) is 13.7. The normalized spacial score (nSPS) is 28.1. The second-order valence-corrected chi connectivity index (χ2v) is 12.1. The number of rotatable bonds is 13. The van der Waals surface area contributed by atoms with Crippen LogP contribution in [0.1, 0.15) is 50.9 Å². The highest BCUT2D eigenvalue weighted by atomic mass is 31.2. The number of hydrazine groups is 1. The molecule has 1 fully saturated rings. The van der Waals surface area contributed by atoms with E-state index in [1.807, 2.05) is 32.7 Å². The maximum Gasteiger partial charge on any atom is 0.268 e. The summed E-state index contributed by atoms with van der Waals surface area (Å²) in [7, 11) is -0.769. The number of nitrogens with one attached hydrogen (secondary N) is 1. The van der Waals surface area contributed by atoms with Gasteiger partial charge in [0.25, 0.3) is 8.53 Å². The Kier molecular flexibility index (Phi) is 10.2. The first-order chi connectivity index (χ1) is 20.0. The summed E-state index contributed by atoms with van der Waals surface area (Å²) >= 11 is 0. The molecule has 0 aliphatic carbocycles. The van der Waals surface area contributed by atoms with Gasteiger partial charge in [0.2, 0.25) is 11.4 Å². The van der Waals surface area contributed by atoms with Gasteiger partial charge in [-0.15, -0.1) is 0 Å². The molecule has 0 radical (unpaired) electrons. The number of methoxy groups -OCH3 is 1. The van der Waals surface area contributed by atoms with Crippen LogP contribution in [0.3, 0.4) is 0 Å². The molecule has 6 atom stereocenters. The minimum atomic E-state index is -2.25. The Morgan fingerprint density at radius 1 is 1.38 bits per heavy atom. The summed E-state index contributed by atoms with van der Waals surface area (Å²) in [4.78, 5) is 39.2. The molecule has 228 valence electrons. The third kappa shape index (κ3) is 6.30. The highest BCUT2D eigenvalue weighted by molar-refractivity contribution is 7.43. The van der Waals surface area contributed by atoms with Gasteiger partial charge in [0.05, 0.1) is 12.7 Å². The van der Waals surface area contributed by atoms with Gasteiger partial charge in [0, 0.05) is 30.7 Å². The van der Waals surface area contributed by atoms with Crippen molar-refractivity contribution in [1.29, 1.82) is 5.26 Å². The Morgan fingerprint density at radius 2 is 2.10 bits per heavy atom. The lowest BCUT2D eigenvalue weighted by Gasteiger charge is -2.42. The van der Waals surface area contributed by atoms with Crippen molar-refractivity contribution < 1.29 is 28.8 Å². The van der Waals surface area contributed by atoms with E-state index in [2.05, 4.69) is 26.2 Å². The van der Waals surface area contributed by atoms with Gasteiger partial charge in [-0.25, -0.2) is 15.0 Å². The molecule has 5 N–H and O–H groups in total. The molecule has 0 amide bonds. The van der Waals surface area contributed by atoms with Crippen LogP contribution in [-0.4, -0.2) is 106 Å². The van der Waals surface area contributed by atoms with Crippen LogP contribution in [0.15, 0.2) is 45.3 Å². The van der Waals surface area contributed by atoms with Gasteiger partial charge >= 0.3 is 0 Å². The Bertz CT molecular complexity index is 1250. The van der Waals surface area contributed by atoms with Crippen LogP contribution in [0, 0.1) is 11.3 Å². The number of aliphatic imine (C=N–C) groups is 3. The van der Waals surface area contributed by atoms with Crippen molar-refractivity contribution in [3.8, 4) is 6.07 Å². The maximum absolute atomic E-state index is 13.4. The number of nitriles is 1. The number of benzene rings is 1. The number of fused-ring (bicyclic) bond motifs is 1. The summed E-state index contributed by atoms with van der Waals surface area (Å²) in [6.45, 7) is 7.52. The van der Waals surface area contributed by atoms with Crippen molar-refractivity contribution in [2.24, 2.45) is 20.7 Å². The van der Waals surface area contributed by atoms with Gasteiger partial charge in [0.1, 0.15) is 37.0 Å². The minimum Gasteiger partial charge on any atom is -0.394 e. The van der Waals surface area contributed by atoms with Gasteiger partial charge in [-0.05, 0) is 34.1 Å². The number of aliphatic hydroxyl groups excluding tert-OH is 1. The lowest BCUT2D eigenvalue weighted by Crippen LogP contribution is -2.59. The molecule has 0 aromatic heterocycles. The fourth-order valence-electron chi connectivity index (χ4n) is 5.41. The first kappa shape index (κ1) is 32.2. The average molecular weight is 603 g/mol. The predicted molar refractivity (Wildman–Crippen MR) is 157 cm³/mol. The standard InChI is InChI=1S/C27H39N8O6P/c1-17(2)35(26(3,4)12-9-13-28)33-42(38)41-20-19(14-36)40-25(21(20)39-5)34-16-31-22-24(34)30-15-32-27(22,29)23(37)18-10-7-6-8-11-18/h6-8,10-11,15,17,19-21,25,33,36,38H,9,12,14,16,29H2,1-5H3/t19-,20-,21-,25-,27?,42?/m1/s1. The van der Waals surface area contributed by atoms with Crippen LogP contribution >= 0.6 is 8.53 Å². The van der Waals surface area contributed by atoms with Crippen LogP contribution in [0.5, 0.6) is 0 Å². The number of ketones is 1. The Balaban J connectivity index is 1.51. The Hall–Kier alpha value is -2.70. The number of amidine groups is 1. The molecule has 15 heteroatoms. The van der Waals surface area contributed by atoms with E-state index in [9.17, 15) is 14.8 Å².